The van der Waals surface area contributed by atoms with E-state index in [4.69, 9.17) is 25.9 Å². The molecule has 0 spiro atoms. The molecule has 6 heteroatoms. The van der Waals surface area contributed by atoms with E-state index in [-0.39, 0.29) is 62.7 Å². The van der Waals surface area contributed by atoms with Crippen LogP contribution in [0.5, 0.6) is 0 Å². The van der Waals surface area contributed by atoms with Crippen molar-refractivity contribution in [3.05, 3.63) is 164 Å². The molecule has 4 aromatic heterocycles. The predicted octanol–water partition coefficient (Wildman–Crippen LogP) is 11.8. The summed E-state index contributed by atoms with van der Waals surface area (Å²) in [4.78, 5) is 14.4. The standard InChI is InChI=1S/C45H27N5S/c1-6-16-37-31(11-1)32-12-2-7-17-38(32)49(37)30-24-21-28(22-25-30)43-46-44(29-23-26-36-35-15-5-10-20-41(35)51-42(36)27-29)48-45(47-43)50-39-18-8-3-13-33(39)34-14-4-9-19-40(34)50/h1-27H/i3D,4D,8D,9D,13D,14D,18D,19D,21D,22D,24D,25D. The van der Waals surface area contributed by atoms with E-state index < -0.39 is 60.4 Å². The third kappa shape index (κ3) is 4.30. The van der Waals surface area contributed by atoms with E-state index >= 15 is 0 Å². The van der Waals surface area contributed by atoms with E-state index in [1.807, 2.05) is 84.9 Å². The second-order valence-corrected chi connectivity index (χ2v) is 13.1. The summed E-state index contributed by atoms with van der Waals surface area (Å²) in [5.41, 5.74) is 1.07. The van der Waals surface area contributed by atoms with Gasteiger partial charge in [-0.15, -0.1) is 11.3 Å². The van der Waals surface area contributed by atoms with Crippen molar-refractivity contribution in [1.82, 2.24) is 24.1 Å². The van der Waals surface area contributed by atoms with Crippen molar-refractivity contribution in [1.29, 1.82) is 0 Å². The van der Waals surface area contributed by atoms with E-state index in [0.717, 1.165) is 35.5 Å². The quantitative estimate of drug-likeness (QED) is 0.186. The molecular weight excluding hydrogens is 643 g/mol. The first-order chi connectivity index (χ1) is 30.3. The smallest absolute Gasteiger partial charge is 0.238 e. The second kappa shape index (κ2) is 10.9. The Morgan fingerprint density at radius 2 is 1.00 bits per heavy atom. The van der Waals surface area contributed by atoms with Gasteiger partial charge >= 0.3 is 0 Å². The molecular formula is C45H27N5S. The number of fused-ring (bicyclic) bond motifs is 9. The van der Waals surface area contributed by atoms with Crippen LogP contribution in [0.15, 0.2) is 164 Å². The number of para-hydroxylation sites is 4. The van der Waals surface area contributed by atoms with Crippen molar-refractivity contribution in [3.63, 3.8) is 0 Å². The third-order valence-corrected chi connectivity index (χ3v) is 10.3. The summed E-state index contributed by atoms with van der Waals surface area (Å²) in [5, 5.41) is 3.37. The minimum Gasteiger partial charge on any atom is -0.309 e. The van der Waals surface area contributed by atoms with Gasteiger partial charge in [0.1, 0.15) is 0 Å². The second-order valence-electron chi connectivity index (χ2n) is 12.0. The molecule has 4 heterocycles. The summed E-state index contributed by atoms with van der Waals surface area (Å²) in [6.45, 7) is 0. The van der Waals surface area contributed by atoms with Crippen LogP contribution in [-0.2, 0) is 0 Å². The van der Waals surface area contributed by atoms with Gasteiger partial charge in [-0.2, -0.15) is 9.97 Å². The lowest BCUT2D eigenvalue weighted by atomic mass is 10.1. The Morgan fingerprint density at radius 3 is 1.69 bits per heavy atom. The van der Waals surface area contributed by atoms with Crippen LogP contribution in [0.3, 0.4) is 0 Å². The van der Waals surface area contributed by atoms with Crippen molar-refractivity contribution in [3.8, 4) is 34.4 Å². The van der Waals surface area contributed by atoms with Crippen molar-refractivity contribution >= 4 is 75.1 Å². The molecule has 0 aliphatic carbocycles. The van der Waals surface area contributed by atoms with E-state index in [9.17, 15) is 5.48 Å². The summed E-state index contributed by atoms with van der Waals surface area (Å²) in [5.74, 6) is -0.659. The summed E-state index contributed by atoms with van der Waals surface area (Å²) in [6, 6.07) is 22.1. The largest absolute Gasteiger partial charge is 0.309 e. The number of hydrogen-bond donors (Lipinski definition) is 0. The molecule has 11 rings (SSSR count). The lowest BCUT2D eigenvalue weighted by Gasteiger charge is -2.12. The van der Waals surface area contributed by atoms with Gasteiger partial charge in [0.25, 0.3) is 0 Å². The fraction of sp³-hybridized carbons (Fsp3) is 0. The highest BCUT2D eigenvalue weighted by Crippen LogP contribution is 2.37. The first kappa shape index (κ1) is 18.9. The summed E-state index contributed by atoms with van der Waals surface area (Å²) in [6.07, 6.45) is 0. The van der Waals surface area contributed by atoms with Gasteiger partial charge in [-0.05, 0) is 60.5 Å². The number of benzene rings is 7. The molecule has 51 heavy (non-hydrogen) atoms. The van der Waals surface area contributed by atoms with Crippen LogP contribution in [0.25, 0.3) is 98.2 Å². The lowest BCUT2D eigenvalue weighted by Crippen LogP contribution is -2.06. The predicted molar refractivity (Wildman–Crippen MR) is 212 cm³/mol. The Labute approximate surface area is 313 Å². The maximum atomic E-state index is 9.50. The molecule has 0 unspecified atom stereocenters. The van der Waals surface area contributed by atoms with Gasteiger partial charge < -0.3 is 4.57 Å². The first-order valence-electron chi connectivity index (χ1n) is 22.1. The highest BCUT2D eigenvalue weighted by atomic mass is 32.1. The number of nitrogens with zero attached hydrogens (tertiary/aromatic N) is 5. The monoisotopic (exact) mass is 681 g/mol. The fourth-order valence-electron chi connectivity index (χ4n) is 6.88. The van der Waals surface area contributed by atoms with Crippen molar-refractivity contribution in [2.75, 3.05) is 0 Å². The van der Waals surface area contributed by atoms with Gasteiger partial charge in [0.2, 0.25) is 5.95 Å². The van der Waals surface area contributed by atoms with E-state index in [1.54, 1.807) is 22.0 Å². The molecule has 0 amide bonds. The molecule has 7 aromatic carbocycles. The van der Waals surface area contributed by atoms with Crippen LogP contribution in [0.2, 0.25) is 0 Å². The number of aromatic nitrogens is 5. The highest BCUT2D eigenvalue weighted by molar-refractivity contribution is 7.25. The lowest BCUT2D eigenvalue weighted by molar-refractivity contribution is 0.953. The minimum atomic E-state index is -0.628. The SMILES string of the molecule is [2H]c1c([2H])c(-n2c3ccccc3c3ccccc32)c([2H])c([2H])c1-c1nc(-c2ccc3c(c2)sc2ccccc23)nc(-n2c3c([2H])c([2H])c([2H])c([2H])c3c3c([2H])c([2H])c([2H])c([2H])c32)n1. The van der Waals surface area contributed by atoms with Crippen molar-refractivity contribution in [2.45, 2.75) is 0 Å². The summed E-state index contributed by atoms with van der Waals surface area (Å²) in [7, 11) is 0. The number of hydrogen-bond acceptors (Lipinski definition) is 4. The normalized spacial score (nSPS) is 15.2. The van der Waals surface area contributed by atoms with Crippen LogP contribution in [0.4, 0.5) is 0 Å². The van der Waals surface area contributed by atoms with Crippen LogP contribution in [-0.4, -0.2) is 24.1 Å². The molecule has 0 saturated carbocycles. The molecule has 5 nitrogen and oxygen atoms in total. The molecule has 0 aliphatic rings. The maximum absolute atomic E-state index is 9.50. The molecule has 0 fully saturated rings. The molecule has 238 valence electrons. The van der Waals surface area contributed by atoms with Gasteiger partial charge in [0.15, 0.2) is 11.6 Å². The highest BCUT2D eigenvalue weighted by Gasteiger charge is 2.19. The fourth-order valence-corrected chi connectivity index (χ4v) is 8.03. The van der Waals surface area contributed by atoms with E-state index in [2.05, 4.69) is 0 Å². The summed E-state index contributed by atoms with van der Waals surface area (Å²) < 4.78 is 113. The topological polar surface area (TPSA) is 48.5 Å². The van der Waals surface area contributed by atoms with Crippen molar-refractivity contribution < 1.29 is 16.4 Å². The zero-order valence-corrected chi connectivity index (χ0v) is 27.1. The van der Waals surface area contributed by atoms with Crippen molar-refractivity contribution in [2.24, 2.45) is 0 Å². The molecule has 0 N–H and O–H groups in total. The van der Waals surface area contributed by atoms with Gasteiger partial charge in [-0.1, -0.05) is 103 Å². The summed E-state index contributed by atoms with van der Waals surface area (Å²) >= 11 is 1.54. The van der Waals surface area contributed by atoms with Crippen LogP contribution < -0.4 is 0 Å². The molecule has 0 bridgehead atoms. The molecule has 0 aliphatic heterocycles. The number of rotatable bonds is 4. The average Bonchev–Trinajstić information content (AvgIpc) is 3.97. The Morgan fingerprint density at radius 1 is 0.431 bits per heavy atom. The molecule has 0 atom stereocenters. The Bertz CT molecular complexity index is 3700. The van der Waals surface area contributed by atoms with Crippen LogP contribution in [0, 0.1) is 0 Å². The first-order valence-corrected chi connectivity index (χ1v) is 16.9. The Balaban J connectivity index is 1.26. The maximum Gasteiger partial charge on any atom is 0.238 e. The van der Waals surface area contributed by atoms with Gasteiger partial charge in [-0.25, -0.2) is 4.98 Å². The van der Waals surface area contributed by atoms with Crippen LogP contribution in [0.1, 0.15) is 16.4 Å². The van der Waals surface area contributed by atoms with E-state index in [0.29, 0.717) is 16.6 Å². The zero-order valence-electron chi connectivity index (χ0n) is 38.3. The third-order valence-electron chi connectivity index (χ3n) is 9.13. The van der Waals surface area contributed by atoms with Gasteiger partial charge in [0, 0.05) is 58.5 Å². The molecule has 11 aromatic rings. The Kier molecular flexibility index (Phi) is 4.06. The zero-order chi connectivity index (χ0) is 43.9. The van der Waals surface area contributed by atoms with E-state index in [1.165, 1.54) is 0 Å². The molecule has 0 saturated heterocycles. The number of thiophene rings is 1. The minimum absolute atomic E-state index is 0.00487. The van der Waals surface area contributed by atoms with Gasteiger partial charge in [0.05, 0.1) is 38.5 Å². The average molecular weight is 682 g/mol. The molecule has 0 radical (unpaired) electrons. The van der Waals surface area contributed by atoms with Crippen LogP contribution >= 0.6 is 11.3 Å². The Hall–Kier alpha value is -6.63. The van der Waals surface area contributed by atoms with Gasteiger partial charge in [-0.3, -0.25) is 4.57 Å².